The zero-order valence-corrected chi connectivity index (χ0v) is 14.9. The molecule has 1 aromatic carbocycles. The van der Waals surface area contributed by atoms with E-state index >= 15 is 0 Å². The molecule has 0 radical (unpaired) electrons. The lowest BCUT2D eigenvalue weighted by Crippen LogP contribution is -2.23. The molecule has 0 fully saturated rings. The molecule has 0 saturated heterocycles. The summed E-state index contributed by atoms with van der Waals surface area (Å²) < 4.78 is 10.2. The number of benzene rings is 1. The van der Waals surface area contributed by atoms with Crippen molar-refractivity contribution in [3.63, 3.8) is 0 Å². The van der Waals surface area contributed by atoms with E-state index in [0.717, 1.165) is 4.88 Å². The Bertz CT molecular complexity index is 889. The van der Waals surface area contributed by atoms with Crippen molar-refractivity contribution in [3.8, 4) is 16.5 Å². The van der Waals surface area contributed by atoms with Crippen molar-refractivity contribution < 1.29 is 18.8 Å². The van der Waals surface area contributed by atoms with Gasteiger partial charge in [0.15, 0.2) is 5.78 Å². The van der Waals surface area contributed by atoms with Gasteiger partial charge >= 0.3 is 0 Å². The van der Waals surface area contributed by atoms with Gasteiger partial charge in [0.05, 0.1) is 18.5 Å². The number of ketones is 1. The molecular formula is C18H17N3O4S. The molecule has 1 N–H and O–H groups in total. The number of thiophene rings is 1. The Morgan fingerprint density at radius 2 is 2.12 bits per heavy atom. The number of carbonyl (C=O) groups excluding carboxylic acids is 2. The first-order valence-electron chi connectivity index (χ1n) is 7.96. The van der Waals surface area contributed by atoms with E-state index in [2.05, 4.69) is 15.5 Å². The molecule has 0 atom stereocenters. The van der Waals surface area contributed by atoms with Crippen LogP contribution in [0.5, 0.6) is 5.75 Å². The van der Waals surface area contributed by atoms with Gasteiger partial charge in [-0.2, -0.15) is 4.98 Å². The van der Waals surface area contributed by atoms with E-state index in [1.54, 1.807) is 31.4 Å². The summed E-state index contributed by atoms with van der Waals surface area (Å²) in [4.78, 5) is 29.2. The SMILES string of the molecule is COc1cccc(C(=O)CCC(=O)NCc2nc(-c3cccs3)no2)c1. The molecule has 1 amide bonds. The molecule has 0 aliphatic carbocycles. The Balaban J connectivity index is 1.46. The van der Waals surface area contributed by atoms with Crippen molar-refractivity contribution in [2.75, 3.05) is 7.11 Å². The molecule has 0 saturated carbocycles. The largest absolute Gasteiger partial charge is 0.497 e. The number of ether oxygens (including phenoxy) is 1. The van der Waals surface area contributed by atoms with Gasteiger partial charge in [0.2, 0.25) is 17.6 Å². The highest BCUT2D eigenvalue weighted by Gasteiger charge is 2.13. The molecule has 3 aromatic rings. The number of hydrogen-bond donors (Lipinski definition) is 1. The third-order valence-electron chi connectivity index (χ3n) is 3.62. The summed E-state index contributed by atoms with van der Waals surface area (Å²) in [6.07, 6.45) is 0.200. The van der Waals surface area contributed by atoms with Gasteiger partial charge in [-0.15, -0.1) is 11.3 Å². The fourth-order valence-electron chi connectivity index (χ4n) is 2.26. The van der Waals surface area contributed by atoms with Gasteiger partial charge in [0.1, 0.15) is 5.75 Å². The lowest BCUT2D eigenvalue weighted by Gasteiger charge is -2.04. The van der Waals surface area contributed by atoms with Crippen molar-refractivity contribution in [2.45, 2.75) is 19.4 Å². The number of methoxy groups -OCH3 is 1. The summed E-state index contributed by atoms with van der Waals surface area (Å²) in [7, 11) is 1.54. The average Bonchev–Trinajstić information content (AvgIpc) is 3.35. The Morgan fingerprint density at radius 1 is 1.23 bits per heavy atom. The van der Waals surface area contributed by atoms with Crippen molar-refractivity contribution in [2.24, 2.45) is 0 Å². The van der Waals surface area contributed by atoms with Gasteiger partial charge in [-0.05, 0) is 23.6 Å². The Kier molecular flexibility index (Phi) is 5.75. The van der Waals surface area contributed by atoms with Crippen LogP contribution in [0.3, 0.4) is 0 Å². The quantitative estimate of drug-likeness (QED) is 0.612. The van der Waals surface area contributed by atoms with E-state index in [4.69, 9.17) is 9.26 Å². The Morgan fingerprint density at radius 3 is 2.88 bits per heavy atom. The Hall–Kier alpha value is -3.00. The third-order valence-corrected chi connectivity index (χ3v) is 4.48. The number of rotatable bonds is 8. The van der Waals surface area contributed by atoms with Crippen LogP contribution in [-0.2, 0) is 11.3 Å². The van der Waals surface area contributed by atoms with Crippen LogP contribution >= 0.6 is 11.3 Å². The summed E-state index contributed by atoms with van der Waals surface area (Å²) >= 11 is 1.51. The van der Waals surface area contributed by atoms with Crippen LogP contribution in [0.15, 0.2) is 46.3 Å². The second-order valence-corrected chi connectivity index (χ2v) is 6.37. The van der Waals surface area contributed by atoms with Crippen LogP contribution in [0.4, 0.5) is 0 Å². The Labute approximate surface area is 154 Å². The lowest BCUT2D eigenvalue weighted by molar-refractivity contribution is -0.121. The predicted molar refractivity (Wildman–Crippen MR) is 96.0 cm³/mol. The molecule has 0 aliphatic rings. The molecule has 7 nitrogen and oxygen atoms in total. The van der Waals surface area contributed by atoms with E-state index in [0.29, 0.717) is 23.0 Å². The van der Waals surface area contributed by atoms with Gasteiger partial charge in [-0.1, -0.05) is 23.4 Å². The summed E-state index contributed by atoms with van der Waals surface area (Å²) in [6, 6.07) is 10.7. The van der Waals surface area contributed by atoms with Gasteiger partial charge in [-0.25, -0.2) is 0 Å². The first-order chi connectivity index (χ1) is 12.7. The van der Waals surface area contributed by atoms with Gasteiger partial charge in [0.25, 0.3) is 0 Å². The van der Waals surface area contributed by atoms with Crippen LogP contribution in [0.25, 0.3) is 10.7 Å². The molecule has 0 bridgehead atoms. The first kappa shape index (κ1) is 17.8. The van der Waals surface area contributed by atoms with Crippen molar-refractivity contribution in [1.82, 2.24) is 15.5 Å². The zero-order valence-electron chi connectivity index (χ0n) is 14.1. The zero-order chi connectivity index (χ0) is 18.4. The molecule has 8 heteroatoms. The number of carbonyl (C=O) groups is 2. The monoisotopic (exact) mass is 371 g/mol. The highest BCUT2D eigenvalue weighted by Crippen LogP contribution is 2.21. The summed E-state index contributed by atoms with van der Waals surface area (Å²) in [6.45, 7) is 0.130. The average molecular weight is 371 g/mol. The minimum Gasteiger partial charge on any atom is -0.497 e. The highest BCUT2D eigenvalue weighted by molar-refractivity contribution is 7.13. The normalized spacial score (nSPS) is 10.5. The second kappa shape index (κ2) is 8.39. The highest BCUT2D eigenvalue weighted by atomic mass is 32.1. The number of nitrogens with zero attached hydrogens (tertiary/aromatic N) is 2. The van der Waals surface area contributed by atoms with E-state index in [1.807, 2.05) is 17.5 Å². The fraction of sp³-hybridized carbons (Fsp3) is 0.222. The minimum absolute atomic E-state index is 0.0853. The molecule has 3 rings (SSSR count). The van der Waals surface area contributed by atoms with Crippen LogP contribution in [0, 0.1) is 0 Å². The molecular weight excluding hydrogens is 354 g/mol. The third kappa shape index (κ3) is 4.54. The smallest absolute Gasteiger partial charge is 0.246 e. The lowest BCUT2D eigenvalue weighted by atomic mass is 10.1. The van der Waals surface area contributed by atoms with Crippen LogP contribution in [0.1, 0.15) is 29.1 Å². The molecule has 134 valence electrons. The standard InChI is InChI=1S/C18H17N3O4S/c1-24-13-5-2-4-12(10-13)14(22)7-8-16(23)19-11-17-20-18(21-25-17)15-6-3-9-26-15/h2-6,9-10H,7-8,11H2,1H3,(H,19,23). The van der Waals surface area contributed by atoms with Gasteiger partial charge in [-0.3, -0.25) is 9.59 Å². The maximum atomic E-state index is 12.2. The summed E-state index contributed by atoms with van der Waals surface area (Å²) in [5, 5.41) is 8.48. The predicted octanol–water partition coefficient (Wildman–Crippen LogP) is 3.09. The molecule has 2 aromatic heterocycles. The molecule has 26 heavy (non-hydrogen) atoms. The van der Waals surface area contributed by atoms with E-state index in [1.165, 1.54) is 11.3 Å². The first-order valence-corrected chi connectivity index (χ1v) is 8.84. The number of hydrogen-bond acceptors (Lipinski definition) is 7. The van der Waals surface area contributed by atoms with Crippen LogP contribution in [0.2, 0.25) is 0 Å². The number of amides is 1. The molecule has 0 unspecified atom stereocenters. The maximum Gasteiger partial charge on any atom is 0.246 e. The number of Topliss-reactive ketones (excluding diaryl/α,β-unsaturated/α-hetero) is 1. The van der Waals surface area contributed by atoms with E-state index < -0.39 is 0 Å². The van der Waals surface area contributed by atoms with Crippen molar-refractivity contribution >= 4 is 23.0 Å². The van der Waals surface area contributed by atoms with Gasteiger partial charge < -0.3 is 14.6 Å². The van der Waals surface area contributed by atoms with E-state index in [-0.39, 0.29) is 31.1 Å². The van der Waals surface area contributed by atoms with Crippen molar-refractivity contribution in [3.05, 3.63) is 53.2 Å². The molecule has 0 aliphatic heterocycles. The number of aromatic nitrogens is 2. The summed E-state index contributed by atoms with van der Waals surface area (Å²) in [5.41, 5.74) is 0.523. The fourth-order valence-corrected chi connectivity index (χ4v) is 2.91. The minimum atomic E-state index is -0.253. The topological polar surface area (TPSA) is 94.3 Å². The summed E-state index contributed by atoms with van der Waals surface area (Å²) in [5.74, 6) is 1.06. The van der Waals surface area contributed by atoms with Crippen LogP contribution < -0.4 is 10.1 Å². The van der Waals surface area contributed by atoms with Crippen molar-refractivity contribution in [1.29, 1.82) is 0 Å². The maximum absolute atomic E-state index is 12.2. The number of nitrogens with one attached hydrogen (secondary N) is 1. The van der Waals surface area contributed by atoms with E-state index in [9.17, 15) is 9.59 Å². The molecule has 0 spiro atoms. The van der Waals surface area contributed by atoms with Crippen LogP contribution in [-0.4, -0.2) is 28.9 Å². The van der Waals surface area contributed by atoms with Gasteiger partial charge in [0, 0.05) is 18.4 Å². The molecule has 2 heterocycles. The second-order valence-electron chi connectivity index (χ2n) is 5.42.